The third-order valence-electron chi connectivity index (χ3n) is 4.52. The number of carbonyl (C=O) groups excluding carboxylic acids is 1. The number of anilines is 1. The number of nitrogens with one attached hydrogen (secondary N) is 1. The Balaban J connectivity index is 1.50. The summed E-state index contributed by atoms with van der Waals surface area (Å²) in [7, 11) is 3.12. The number of aromatic nitrogens is 4. The van der Waals surface area contributed by atoms with Crippen molar-refractivity contribution >= 4 is 23.4 Å². The topological polar surface area (TPSA) is 104 Å². The molecule has 0 unspecified atom stereocenters. The zero-order valence-electron chi connectivity index (χ0n) is 17.5. The summed E-state index contributed by atoms with van der Waals surface area (Å²) in [5.41, 5.74) is 1.46. The second-order valence-corrected chi connectivity index (χ2v) is 7.59. The lowest BCUT2D eigenvalue weighted by Gasteiger charge is -2.10. The lowest BCUT2D eigenvalue weighted by Crippen LogP contribution is -2.15. The number of hydrogen-bond acceptors (Lipinski definition) is 8. The van der Waals surface area contributed by atoms with Gasteiger partial charge >= 0.3 is 0 Å². The quantitative estimate of drug-likeness (QED) is 0.384. The maximum absolute atomic E-state index is 12.6. The van der Waals surface area contributed by atoms with Crippen LogP contribution >= 0.6 is 11.8 Å². The molecule has 0 saturated heterocycles. The molecule has 0 spiro atoms. The number of carbonyl (C=O) groups is 1. The lowest BCUT2D eigenvalue weighted by molar-refractivity contribution is -0.113. The van der Waals surface area contributed by atoms with Gasteiger partial charge in [0.25, 0.3) is 0 Å². The van der Waals surface area contributed by atoms with Gasteiger partial charge in [-0.15, -0.1) is 10.2 Å². The molecule has 0 radical (unpaired) electrons. The van der Waals surface area contributed by atoms with Crippen LogP contribution in [0.15, 0.2) is 70.7 Å². The summed E-state index contributed by atoms with van der Waals surface area (Å²) in [5, 5.41) is 12.1. The number of amides is 1. The van der Waals surface area contributed by atoms with Gasteiger partial charge in [-0.3, -0.25) is 14.3 Å². The van der Waals surface area contributed by atoms with Crippen molar-refractivity contribution in [3.63, 3.8) is 0 Å². The maximum Gasteiger partial charge on any atom is 0.234 e. The summed E-state index contributed by atoms with van der Waals surface area (Å²) in [4.78, 5) is 16.6. The van der Waals surface area contributed by atoms with Crippen LogP contribution in [0.5, 0.6) is 11.5 Å². The Morgan fingerprint density at radius 2 is 1.84 bits per heavy atom. The van der Waals surface area contributed by atoms with Crippen LogP contribution in [0.1, 0.15) is 5.76 Å². The zero-order valence-corrected chi connectivity index (χ0v) is 18.3. The van der Waals surface area contributed by atoms with Crippen molar-refractivity contribution < 1.29 is 18.7 Å². The maximum atomic E-state index is 12.6. The molecule has 10 heteroatoms. The average Bonchev–Trinajstić information content (AvgIpc) is 3.48. The van der Waals surface area contributed by atoms with Gasteiger partial charge in [-0.05, 0) is 24.3 Å². The van der Waals surface area contributed by atoms with Crippen LogP contribution < -0.4 is 14.8 Å². The molecule has 1 aromatic carbocycles. The molecule has 0 fully saturated rings. The minimum Gasteiger partial charge on any atom is -0.497 e. The zero-order chi connectivity index (χ0) is 22.3. The third kappa shape index (κ3) is 5.09. The molecule has 9 nitrogen and oxygen atoms in total. The van der Waals surface area contributed by atoms with Crippen molar-refractivity contribution in [3.05, 3.63) is 66.9 Å². The van der Waals surface area contributed by atoms with E-state index in [4.69, 9.17) is 13.9 Å². The van der Waals surface area contributed by atoms with Crippen LogP contribution in [0.4, 0.5) is 5.69 Å². The van der Waals surface area contributed by atoms with Crippen LogP contribution in [0.2, 0.25) is 0 Å². The molecule has 0 bridgehead atoms. The molecule has 1 N–H and O–H groups in total. The summed E-state index contributed by atoms with van der Waals surface area (Å²) in [6, 6.07) is 12.6. The highest BCUT2D eigenvalue weighted by atomic mass is 32.2. The Labute approximate surface area is 188 Å². The summed E-state index contributed by atoms with van der Waals surface area (Å²) in [6.45, 7) is 0.439. The van der Waals surface area contributed by atoms with E-state index >= 15 is 0 Å². The van der Waals surface area contributed by atoms with E-state index in [1.165, 1.54) is 11.8 Å². The Bertz CT molecular complexity index is 1160. The first-order valence-electron chi connectivity index (χ1n) is 9.68. The molecular formula is C22H21N5O4S. The SMILES string of the molecule is COc1cc(NC(=O)CSc2nnc(-c3ccncc3)n2Cc2ccco2)cc(OC)c1. The van der Waals surface area contributed by atoms with E-state index in [1.807, 2.05) is 28.8 Å². The Morgan fingerprint density at radius 1 is 1.09 bits per heavy atom. The number of furan rings is 1. The lowest BCUT2D eigenvalue weighted by atomic mass is 10.2. The van der Waals surface area contributed by atoms with Gasteiger partial charge in [-0.1, -0.05) is 11.8 Å². The smallest absolute Gasteiger partial charge is 0.234 e. The van der Waals surface area contributed by atoms with Crippen LogP contribution in [0, 0.1) is 0 Å². The van der Waals surface area contributed by atoms with Gasteiger partial charge in [-0.2, -0.15) is 0 Å². The van der Waals surface area contributed by atoms with Crippen molar-refractivity contribution in [1.82, 2.24) is 19.7 Å². The molecule has 32 heavy (non-hydrogen) atoms. The predicted molar refractivity (Wildman–Crippen MR) is 120 cm³/mol. The van der Waals surface area contributed by atoms with Crippen molar-refractivity contribution in [2.45, 2.75) is 11.7 Å². The Hall–Kier alpha value is -3.79. The highest BCUT2D eigenvalue weighted by molar-refractivity contribution is 7.99. The normalized spacial score (nSPS) is 10.7. The first kappa shape index (κ1) is 21.4. The van der Waals surface area contributed by atoms with Crippen molar-refractivity contribution in [1.29, 1.82) is 0 Å². The van der Waals surface area contributed by atoms with Gasteiger partial charge < -0.3 is 19.2 Å². The van der Waals surface area contributed by atoms with E-state index in [9.17, 15) is 4.79 Å². The third-order valence-corrected chi connectivity index (χ3v) is 5.48. The number of nitrogens with zero attached hydrogens (tertiary/aromatic N) is 4. The molecule has 0 atom stereocenters. The molecule has 3 aromatic heterocycles. The second kappa shape index (κ2) is 10.0. The van der Waals surface area contributed by atoms with E-state index in [2.05, 4.69) is 20.5 Å². The molecule has 0 aliphatic rings. The van der Waals surface area contributed by atoms with Crippen molar-refractivity contribution in [2.75, 3.05) is 25.3 Å². The minimum absolute atomic E-state index is 0.145. The number of pyridine rings is 1. The predicted octanol–water partition coefficient (Wildman–Crippen LogP) is 3.73. The number of hydrogen-bond donors (Lipinski definition) is 1. The summed E-state index contributed by atoms with van der Waals surface area (Å²) < 4.78 is 17.9. The number of benzene rings is 1. The van der Waals surface area contributed by atoms with Gasteiger partial charge in [0.15, 0.2) is 11.0 Å². The highest BCUT2D eigenvalue weighted by Crippen LogP contribution is 2.27. The average molecular weight is 452 g/mol. The largest absolute Gasteiger partial charge is 0.497 e. The number of methoxy groups -OCH3 is 2. The fourth-order valence-electron chi connectivity index (χ4n) is 3.02. The van der Waals surface area contributed by atoms with Gasteiger partial charge in [0.1, 0.15) is 17.3 Å². The van der Waals surface area contributed by atoms with E-state index < -0.39 is 0 Å². The van der Waals surface area contributed by atoms with E-state index in [0.29, 0.717) is 34.7 Å². The van der Waals surface area contributed by atoms with Crippen LogP contribution in [0.25, 0.3) is 11.4 Å². The van der Waals surface area contributed by atoms with Gasteiger partial charge in [0.2, 0.25) is 5.91 Å². The molecular weight excluding hydrogens is 430 g/mol. The van der Waals surface area contributed by atoms with Crippen molar-refractivity contribution in [2.24, 2.45) is 0 Å². The molecule has 4 rings (SSSR count). The number of ether oxygens (including phenoxy) is 2. The Kier molecular flexibility index (Phi) is 6.71. The minimum atomic E-state index is -0.191. The van der Waals surface area contributed by atoms with Gasteiger partial charge in [0.05, 0.1) is 32.8 Å². The number of rotatable bonds is 9. The first-order valence-corrected chi connectivity index (χ1v) is 10.7. The fraction of sp³-hybridized carbons (Fsp3) is 0.182. The molecule has 164 valence electrons. The van der Waals surface area contributed by atoms with Gasteiger partial charge in [0, 0.05) is 41.8 Å². The monoisotopic (exact) mass is 451 g/mol. The Morgan fingerprint density at radius 3 is 2.50 bits per heavy atom. The standard InChI is InChI=1S/C22H21N5O4S/c1-29-18-10-16(11-19(12-18)30-2)24-20(28)14-32-22-26-25-21(15-5-7-23-8-6-15)27(22)13-17-4-3-9-31-17/h3-12H,13-14H2,1-2H3,(H,24,28). The summed E-state index contributed by atoms with van der Waals surface area (Å²) in [5.74, 6) is 2.56. The second-order valence-electron chi connectivity index (χ2n) is 6.65. The highest BCUT2D eigenvalue weighted by Gasteiger charge is 2.17. The van der Waals surface area contributed by atoms with E-state index in [-0.39, 0.29) is 11.7 Å². The molecule has 0 aliphatic carbocycles. The molecule has 1 amide bonds. The molecule has 0 saturated carbocycles. The van der Waals surface area contributed by atoms with E-state index in [1.54, 1.807) is 51.1 Å². The molecule has 3 heterocycles. The van der Waals surface area contributed by atoms with Crippen molar-refractivity contribution in [3.8, 4) is 22.9 Å². The molecule has 0 aliphatic heterocycles. The number of thioether (sulfide) groups is 1. The molecule has 4 aromatic rings. The van der Waals surface area contributed by atoms with Crippen LogP contribution in [-0.2, 0) is 11.3 Å². The summed E-state index contributed by atoms with van der Waals surface area (Å²) >= 11 is 1.29. The summed E-state index contributed by atoms with van der Waals surface area (Å²) in [6.07, 6.45) is 5.02. The fourth-order valence-corrected chi connectivity index (χ4v) is 3.76. The first-order chi connectivity index (χ1) is 15.7. The van der Waals surface area contributed by atoms with Crippen LogP contribution in [-0.4, -0.2) is 45.6 Å². The van der Waals surface area contributed by atoms with Gasteiger partial charge in [-0.25, -0.2) is 0 Å². The van der Waals surface area contributed by atoms with E-state index in [0.717, 1.165) is 11.3 Å². The van der Waals surface area contributed by atoms with Crippen LogP contribution in [0.3, 0.4) is 0 Å².